The van der Waals surface area contributed by atoms with Crippen molar-refractivity contribution in [3.8, 4) is 11.5 Å². The number of carbonyl (C=O) groups excluding carboxylic acids is 2. The second kappa shape index (κ2) is 12.0. The average molecular weight is 531 g/mol. The molecule has 3 aromatic carbocycles. The highest BCUT2D eigenvalue weighted by molar-refractivity contribution is 9.10. The van der Waals surface area contributed by atoms with Crippen molar-refractivity contribution in [2.45, 2.75) is 13.0 Å². The van der Waals surface area contributed by atoms with E-state index in [1.165, 1.54) is 6.21 Å². The van der Waals surface area contributed by atoms with E-state index in [-0.39, 0.29) is 6.42 Å². The molecule has 3 rings (SSSR count). The molecule has 9 heteroatoms. The quantitative estimate of drug-likeness (QED) is 0.227. The Hall–Kier alpha value is -3.36. The van der Waals surface area contributed by atoms with Crippen molar-refractivity contribution in [3.63, 3.8) is 0 Å². The van der Waals surface area contributed by atoms with Crippen LogP contribution < -0.4 is 20.2 Å². The van der Waals surface area contributed by atoms with Crippen molar-refractivity contribution >= 4 is 51.2 Å². The lowest BCUT2D eigenvalue weighted by Gasteiger charge is -2.13. The van der Waals surface area contributed by atoms with Crippen molar-refractivity contribution < 1.29 is 19.1 Å². The van der Waals surface area contributed by atoms with Crippen LogP contribution in [0.25, 0.3) is 0 Å². The van der Waals surface area contributed by atoms with Crippen LogP contribution in [0.2, 0.25) is 5.02 Å². The Kier molecular flexibility index (Phi) is 8.86. The number of hydrazone groups is 1. The molecule has 0 bridgehead atoms. The number of benzene rings is 3. The highest BCUT2D eigenvalue weighted by Gasteiger charge is 2.12. The van der Waals surface area contributed by atoms with Gasteiger partial charge in [-0.15, -0.1) is 0 Å². The van der Waals surface area contributed by atoms with Gasteiger partial charge in [0.15, 0.2) is 11.5 Å². The minimum absolute atomic E-state index is 0.376. The maximum Gasteiger partial charge on any atom is 0.249 e. The van der Waals surface area contributed by atoms with Crippen LogP contribution in [0.5, 0.6) is 11.5 Å². The molecule has 0 fully saturated rings. The van der Waals surface area contributed by atoms with Gasteiger partial charge >= 0.3 is 0 Å². The van der Waals surface area contributed by atoms with E-state index in [1.807, 2.05) is 30.3 Å². The Balaban J connectivity index is 1.55. The molecule has 0 saturated heterocycles. The lowest BCUT2D eigenvalue weighted by molar-refractivity contribution is -0.126. The van der Waals surface area contributed by atoms with Crippen molar-refractivity contribution in [1.29, 1.82) is 0 Å². The second-order valence-electron chi connectivity index (χ2n) is 6.83. The largest absolute Gasteiger partial charge is 0.493 e. The number of halogens is 2. The number of methoxy groups -OCH3 is 1. The first-order chi connectivity index (χ1) is 15.9. The van der Waals surface area contributed by atoms with Gasteiger partial charge in [-0.1, -0.05) is 41.9 Å². The lowest BCUT2D eigenvalue weighted by atomic mass is 10.2. The molecular formula is C24H21BrClN3O4. The Labute approximate surface area is 204 Å². The molecule has 2 amide bonds. The van der Waals surface area contributed by atoms with Crippen LogP contribution in [-0.2, 0) is 16.2 Å². The maximum atomic E-state index is 12.0. The predicted molar refractivity (Wildman–Crippen MR) is 132 cm³/mol. The SMILES string of the molecule is COc1cc(C=NNC(=O)CC(=O)Nc2ccc(Cl)cc2)cc(Br)c1OCc1ccccc1. The van der Waals surface area contributed by atoms with E-state index in [0.717, 1.165) is 5.56 Å². The molecule has 3 aromatic rings. The summed E-state index contributed by atoms with van der Waals surface area (Å²) in [7, 11) is 1.54. The molecule has 0 atom stereocenters. The molecule has 0 heterocycles. The van der Waals surface area contributed by atoms with Gasteiger partial charge in [0.1, 0.15) is 13.0 Å². The van der Waals surface area contributed by atoms with Crippen molar-refractivity contribution in [1.82, 2.24) is 5.43 Å². The Bertz CT molecular complexity index is 1140. The molecule has 170 valence electrons. The number of nitrogens with zero attached hydrogens (tertiary/aromatic N) is 1. The molecule has 33 heavy (non-hydrogen) atoms. The Morgan fingerprint density at radius 3 is 2.48 bits per heavy atom. The molecular weight excluding hydrogens is 510 g/mol. The minimum Gasteiger partial charge on any atom is -0.493 e. The summed E-state index contributed by atoms with van der Waals surface area (Å²) in [5.74, 6) is 0.0535. The Morgan fingerprint density at radius 2 is 1.79 bits per heavy atom. The summed E-state index contributed by atoms with van der Waals surface area (Å²) in [4.78, 5) is 24.0. The normalized spacial score (nSPS) is 10.6. The summed E-state index contributed by atoms with van der Waals surface area (Å²) < 4.78 is 12.0. The van der Waals surface area contributed by atoms with Gasteiger partial charge in [0, 0.05) is 10.7 Å². The molecule has 0 spiro atoms. The number of nitrogens with one attached hydrogen (secondary N) is 2. The summed E-state index contributed by atoms with van der Waals surface area (Å²) in [5.41, 5.74) is 4.58. The van der Waals surface area contributed by atoms with Crippen LogP contribution in [0.3, 0.4) is 0 Å². The number of hydrogen-bond donors (Lipinski definition) is 2. The molecule has 0 aromatic heterocycles. The van der Waals surface area contributed by atoms with Crippen molar-refractivity contribution in [3.05, 3.63) is 87.4 Å². The third-order valence-corrected chi connectivity index (χ3v) is 5.17. The summed E-state index contributed by atoms with van der Waals surface area (Å²) in [5, 5.41) is 7.08. The fourth-order valence-corrected chi connectivity index (χ4v) is 3.49. The third kappa shape index (κ3) is 7.62. The number of amides is 2. The minimum atomic E-state index is -0.549. The van der Waals surface area contributed by atoms with Gasteiger partial charge in [-0.2, -0.15) is 5.10 Å². The van der Waals surface area contributed by atoms with E-state index >= 15 is 0 Å². The number of carbonyl (C=O) groups is 2. The van der Waals surface area contributed by atoms with Crippen LogP contribution in [0.4, 0.5) is 5.69 Å². The summed E-state index contributed by atoms with van der Waals surface area (Å²) in [6, 6.07) is 19.9. The van der Waals surface area contributed by atoms with E-state index in [9.17, 15) is 9.59 Å². The highest BCUT2D eigenvalue weighted by atomic mass is 79.9. The number of hydrogen-bond acceptors (Lipinski definition) is 5. The summed E-state index contributed by atoms with van der Waals surface area (Å²) in [6.07, 6.45) is 1.07. The van der Waals surface area contributed by atoms with Crippen molar-refractivity contribution in [2.24, 2.45) is 5.10 Å². The zero-order valence-electron chi connectivity index (χ0n) is 17.7. The van der Waals surface area contributed by atoms with Crippen LogP contribution in [0.1, 0.15) is 17.5 Å². The molecule has 0 unspecified atom stereocenters. The molecule has 2 N–H and O–H groups in total. The number of anilines is 1. The molecule has 0 saturated carbocycles. The zero-order valence-corrected chi connectivity index (χ0v) is 20.0. The average Bonchev–Trinajstić information content (AvgIpc) is 2.80. The van der Waals surface area contributed by atoms with E-state index in [1.54, 1.807) is 43.5 Å². The first-order valence-electron chi connectivity index (χ1n) is 9.86. The molecule has 0 aliphatic heterocycles. The van der Waals surface area contributed by atoms with Gasteiger partial charge < -0.3 is 14.8 Å². The molecule has 0 aliphatic rings. The van der Waals surface area contributed by atoms with Gasteiger partial charge in [0.05, 0.1) is 17.8 Å². The standard InChI is InChI=1S/C24H21BrClN3O4/c1-32-21-12-17(11-20(25)24(21)33-15-16-5-3-2-4-6-16)14-27-29-23(31)13-22(30)28-19-9-7-18(26)8-10-19/h2-12,14H,13,15H2,1H3,(H,28,30)(H,29,31). The third-order valence-electron chi connectivity index (χ3n) is 4.33. The van der Waals surface area contributed by atoms with Crippen LogP contribution in [-0.4, -0.2) is 25.1 Å². The molecule has 7 nitrogen and oxygen atoms in total. The summed E-state index contributed by atoms with van der Waals surface area (Å²) in [6.45, 7) is 0.386. The number of ether oxygens (including phenoxy) is 2. The van der Waals surface area contributed by atoms with Gasteiger partial charge in [-0.25, -0.2) is 5.43 Å². The van der Waals surface area contributed by atoms with Gasteiger partial charge in [-0.3, -0.25) is 9.59 Å². The van der Waals surface area contributed by atoms with Gasteiger partial charge in [0.2, 0.25) is 11.8 Å². The molecule has 0 radical (unpaired) electrons. The van der Waals surface area contributed by atoms with E-state index < -0.39 is 11.8 Å². The first kappa shape index (κ1) is 24.3. The fourth-order valence-electron chi connectivity index (χ4n) is 2.79. The maximum absolute atomic E-state index is 12.0. The number of rotatable bonds is 9. The highest BCUT2D eigenvalue weighted by Crippen LogP contribution is 2.36. The topological polar surface area (TPSA) is 89.0 Å². The monoisotopic (exact) mass is 529 g/mol. The van der Waals surface area contributed by atoms with Crippen LogP contribution in [0, 0.1) is 0 Å². The lowest BCUT2D eigenvalue weighted by Crippen LogP contribution is -2.24. The first-order valence-corrected chi connectivity index (χ1v) is 11.0. The van der Waals surface area contributed by atoms with Crippen LogP contribution in [0.15, 0.2) is 76.3 Å². The summed E-state index contributed by atoms with van der Waals surface area (Å²) >= 11 is 9.29. The predicted octanol–water partition coefficient (Wildman–Crippen LogP) is 5.17. The van der Waals surface area contributed by atoms with E-state index in [2.05, 4.69) is 31.8 Å². The molecule has 0 aliphatic carbocycles. The van der Waals surface area contributed by atoms with E-state index in [4.69, 9.17) is 21.1 Å². The van der Waals surface area contributed by atoms with E-state index in [0.29, 0.717) is 38.9 Å². The van der Waals surface area contributed by atoms with Crippen LogP contribution >= 0.6 is 27.5 Å². The smallest absolute Gasteiger partial charge is 0.249 e. The van der Waals surface area contributed by atoms with Crippen molar-refractivity contribution in [2.75, 3.05) is 12.4 Å². The second-order valence-corrected chi connectivity index (χ2v) is 8.12. The van der Waals surface area contributed by atoms with Gasteiger partial charge in [-0.05, 0) is 63.5 Å². The zero-order chi connectivity index (χ0) is 23.6. The van der Waals surface area contributed by atoms with Gasteiger partial charge in [0.25, 0.3) is 0 Å². The fraction of sp³-hybridized carbons (Fsp3) is 0.125. The Morgan fingerprint density at radius 1 is 1.06 bits per heavy atom.